The van der Waals surface area contributed by atoms with Gasteiger partial charge in [0.15, 0.2) is 0 Å². The zero-order valence-electron chi connectivity index (χ0n) is 16.7. The molecule has 138 valence electrons. The summed E-state index contributed by atoms with van der Waals surface area (Å²) in [5.74, 6) is 6.02. The van der Waals surface area contributed by atoms with E-state index in [1.54, 1.807) is 0 Å². The molecule has 4 unspecified atom stereocenters. The zero-order valence-corrected chi connectivity index (χ0v) is 16.7. The first-order valence-electron chi connectivity index (χ1n) is 11.0. The van der Waals surface area contributed by atoms with Crippen molar-refractivity contribution in [1.29, 1.82) is 0 Å². The van der Waals surface area contributed by atoms with Gasteiger partial charge in [-0.25, -0.2) is 0 Å². The lowest BCUT2D eigenvalue weighted by Crippen LogP contribution is -2.56. The second-order valence-electron chi connectivity index (χ2n) is 11.0. The fourth-order valence-corrected chi connectivity index (χ4v) is 8.85. The number of aliphatic hydroxyl groups is 1. The molecule has 1 nitrogen and oxygen atoms in total. The normalized spacial score (nSPS) is 57.4. The third kappa shape index (κ3) is 2.22. The molecule has 0 heterocycles. The van der Waals surface area contributed by atoms with Crippen LogP contribution in [0.1, 0.15) is 86.0 Å². The van der Waals surface area contributed by atoms with Crippen molar-refractivity contribution >= 4 is 0 Å². The van der Waals surface area contributed by atoms with E-state index in [-0.39, 0.29) is 6.10 Å². The highest BCUT2D eigenvalue weighted by molar-refractivity contribution is 5.10. The fourth-order valence-electron chi connectivity index (χ4n) is 8.85. The van der Waals surface area contributed by atoms with Crippen molar-refractivity contribution in [3.8, 4) is 0 Å². The highest BCUT2D eigenvalue weighted by Gasteiger charge is 2.61. The van der Waals surface area contributed by atoms with Gasteiger partial charge in [-0.1, -0.05) is 34.6 Å². The minimum absolute atomic E-state index is 0.0368. The van der Waals surface area contributed by atoms with Gasteiger partial charge in [0.05, 0.1) is 6.10 Å². The van der Waals surface area contributed by atoms with Crippen LogP contribution in [0.3, 0.4) is 0 Å². The van der Waals surface area contributed by atoms with Crippen molar-refractivity contribution in [3.05, 3.63) is 0 Å². The topological polar surface area (TPSA) is 20.2 Å². The fraction of sp³-hybridized carbons (Fsp3) is 1.00. The third-order valence-corrected chi connectivity index (χ3v) is 10.0. The number of hydrogen-bond acceptors (Lipinski definition) is 1. The summed E-state index contributed by atoms with van der Waals surface area (Å²) in [5, 5.41) is 10.4. The summed E-state index contributed by atoms with van der Waals surface area (Å²) in [5.41, 5.74) is 1.14. The van der Waals surface area contributed by atoms with Gasteiger partial charge in [-0.05, 0) is 104 Å². The highest BCUT2D eigenvalue weighted by atomic mass is 16.3. The molecule has 4 aliphatic rings. The molecule has 1 N–H and O–H groups in total. The summed E-state index contributed by atoms with van der Waals surface area (Å²) in [6, 6.07) is 0. The van der Waals surface area contributed by atoms with E-state index in [0.29, 0.717) is 16.7 Å². The van der Waals surface area contributed by atoms with E-state index in [1.807, 2.05) is 0 Å². The first kappa shape index (κ1) is 17.4. The molecule has 0 aliphatic heterocycles. The summed E-state index contributed by atoms with van der Waals surface area (Å²) in [4.78, 5) is 0. The maximum Gasteiger partial charge on any atom is 0.0568 e. The van der Waals surface area contributed by atoms with Gasteiger partial charge in [-0.2, -0.15) is 0 Å². The highest BCUT2D eigenvalue weighted by Crippen LogP contribution is 2.68. The van der Waals surface area contributed by atoms with Gasteiger partial charge in [-0.3, -0.25) is 0 Å². The van der Waals surface area contributed by atoms with Gasteiger partial charge >= 0.3 is 0 Å². The number of hydrogen-bond donors (Lipinski definition) is 1. The molecule has 4 rings (SSSR count). The molecule has 4 fully saturated rings. The van der Waals surface area contributed by atoms with Crippen LogP contribution in [-0.2, 0) is 0 Å². The van der Waals surface area contributed by atoms with E-state index in [4.69, 9.17) is 0 Å². The summed E-state index contributed by atoms with van der Waals surface area (Å²) in [6.45, 7) is 12.5. The van der Waals surface area contributed by atoms with Crippen molar-refractivity contribution in [1.82, 2.24) is 0 Å². The van der Waals surface area contributed by atoms with E-state index in [2.05, 4.69) is 34.6 Å². The number of aliphatic hydroxyl groups excluding tert-OH is 1. The summed E-state index contributed by atoms with van der Waals surface area (Å²) in [7, 11) is 0. The Hall–Kier alpha value is -0.0400. The lowest BCUT2D eigenvalue weighted by molar-refractivity contribution is -0.148. The average Bonchev–Trinajstić information content (AvgIpc) is 2.89. The molecule has 4 saturated carbocycles. The van der Waals surface area contributed by atoms with Crippen LogP contribution in [0.2, 0.25) is 0 Å². The van der Waals surface area contributed by atoms with Crippen LogP contribution in [0.5, 0.6) is 0 Å². The van der Waals surface area contributed by atoms with Gasteiger partial charge in [0.1, 0.15) is 0 Å². The van der Waals surface area contributed by atoms with E-state index in [1.165, 1.54) is 44.9 Å². The smallest absolute Gasteiger partial charge is 0.0568 e. The second kappa shape index (κ2) is 5.73. The molecule has 0 saturated heterocycles. The molecular weight excluding hydrogens is 292 g/mol. The number of rotatable bonds is 1. The Morgan fingerprint density at radius 1 is 0.792 bits per heavy atom. The van der Waals surface area contributed by atoms with Crippen LogP contribution in [-0.4, -0.2) is 11.2 Å². The molecule has 24 heavy (non-hydrogen) atoms. The van der Waals surface area contributed by atoms with Crippen molar-refractivity contribution < 1.29 is 5.11 Å². The SMILES string of the molecule is CC(C)C1CCC2C3CC[C@H]4[C@H](C)[C@@H](O)CC[C@]4(C)C3CC[C@]12C. The van der Waals surface area contributed by atoms with Gasteiger partial charge in [-0.15, -0.1) is 0 Å². The Balaban J connectivity index is 1.62. The second-order valence-corrected chi connectivity index (χ2v) is 11.0. The molecule has 9 atom stereocenters. The van der Waals surface area contributed by atoms with Crippen molar-refractivity contribution in [3.63, 3.8) is 0 Å². The van der Waals surface area contributed by atoms with E-state index < -0.39 is 0 Å². The maximum atomic E-state index is 10.4. The zero-order chi connectivity index (χ0) is 17.3. The van der Waals surface area contributed by atoms with E-state index in [9.17, 15) is 5.11 Å². The van der Waals surface area contributed by atoms with E-state index in [0.717, 1.165) is 41.9 Å². The first-order chi connectivity index (χ1) is 11.3. The predicted molar refractivity (Wildman–Crippen MR) is 101 cm³/mol. The molecule has 0 bridgehead atoms. The standard InChI is InChI=1S/C23H40O/c1-14(2)17-8-9-19-16-6-7-18-15(3)21(24)11-13-23(18,5)20(16)10-12-22(17,19)4/h14-21,24H,6-13H2,1-5H3/t15-,16?,17?,18-,19?,20?,21-,22+,23-/m0/s1. The monoisotopic (exact) mass is 332 g/mol. The molecule has 0 aromatic heterocycles. The van der Waals surface area contributed by atoms with Gasteiger partial charge in [0.25, 0.3) is 0 Å². The Morgan fingerprint density at radius 3 is 2.12 bits per heavy atom. The Morgan fingerprint density at radius 2 is 1.42 bits per heavy atom. The number of fused-ring (bicyclic) bond motifs is 5. The minimum Gasteiger partial charge on any atom is -0.393 e. The van der Waals surface area contributed by atoms with Gasteiger partial charge in [0.2, 0.25) is 0 Å². The van der Waals surface area contributed by atoms with Gasteiger partial charge in [0, 0.05) is 0 Å². The molecule has 0 aromatic carbocycles. The molecule has 0 amide bonds. The lowest BCUT2D eigenvalue weighted by Gasteiger charge is -2.62. The largest absolute Gasteiger partial charge is 0.393 e. The summed E-state index contributed by atoms with van der Waals surface area (Å²) >= 11 is 0. The molecule has 4 aliphatic carbocycles. The average molecular weight is 333 g/mol. The molecular formula is C23H40O. The molecule has 0 spiro atoms. The van der Waals surface area contributed by atoms with Crippen LogP contribution in [0.15, 0.2) is 0 Å². The third-order valence-electron chi connectivity index (χ3n) is 10.0. The van der Waals surface area contributed by atoms with Gasteiger partial charge < -0.3 is 5.11 Å². The van der Waals surface area contributed by atoms with Crippen LogP contribution in [0.25, 0.3) is 0 Å². The Labute approximate surface area is 150 Å². The van der Waals surface area contributed by atoms with Crippen molar-refractivity contribution in [2.45, 2.75) is 92.1 Å². The summed E-state index contributed by atoms with van der Waals surface area (Å²) < 4.78 is 0. The maximum absolute atomic E-state index is 10.4. The van der Waals surface area contributed by atoms with Crippen molar-refractivity contribution in [2.75, 3.05) is 0 Å². The Bertz CT molecular complexity index is 484. The predicted octanol–water partition coefficient (Wildman–Crippen LogP) is 5.91. The quantitative estimate of drug-likeness (QED) is 0.633. The summed E-state index contributed by atoms with van der Waals surface area (Å²) in [6.07, 6.45) is 11.1. The van der Waals surface area contributed by atoms with Crippen LogP contribution >= 0.6 is 0 Å². The van der Waals surface area contributed by atoms with Crippen LogP contribution in [0.4, 0.5) is 0 Å². The lowest BCUT2D eigenvalue weighted by atomic mass is 9.43. The molecule has 1 heteroatoms. The van der Waals surface area contributed by atoms with E-state index >= 15 is 0 Å². The minimum atomic E-state index is -0.0368. The molecule has 0 aromatic rings. The Kier molecular flexibility index (Phi) is 4.15. The molecule has 0 radical (unpaired) electrons. The van der Waals surface area contributed by atoms with Crippen molar-refractivity contribution in [2.24, 2.45) is 52.3 Å². The van der Waals surface area contributed by atoms with Crippen LogP contribution < -0.4 is 0 Å². The van der Waals surface area contributed by atoms with Crippen LogP contribution in [0, 0.1) is 52.3 Å². The first-order valence-corrected chi connectivity index (χ1v) is 11.0.